The molecule has 0 aromatic heterocycles. The number of amidine groups is 1. The minimum absolute atomic E-state index is 0.0246. The summed E-state index contributed by atoms with van der Waals surface area (Å²) in [6, 6.07) is 1.64. The van der Waals surface area contributed by atoms with Crippen molar-refractivity contribution in [3.8, 4) is 0 Å². The van der Waals surface area contributed by atoms with Gasteiger partial charge in [-0.3, -0.25) is 0 Å². The molecule has 0 spiro atoms. The largest absolute Gasteiger partial charge is 0.416 e. The minimum atomic E-state index is -4.89. The molecule has 3 rings (SSSR count). The highest BCUT2D eigenvalue weighted by Gasteiger charge is 2.38. The molecule has 0 amide bonds. The number of hydrogen-bond donors (Lipinski definition) is 1. The molecule has 2 N–H and O–H groups in total. The molecule has 1 atom stereocenters. The average Bonchev–Trinajstić information content (AvgIpc) is 3.06. The lowest BCUT2D eigenvalue weighted by Gasteiger charge is -2.32. The molecule has 0 aliphatic carbocycles. The van der Waals surface area contributed by atoms with Crippen LogP contribution in [-0.2, 0) is 12.4 Å². The van der Waals surface area contributed by atoms with Gasteiger partial charge in [-0.05, 0) is 37.1 Å². The lowest BCUT2D eigenvalue weighted by Crippen LogP contribution is -2.36. The Balaban J connectivity index is 1.99. The van der Waals surface area contributed by atoms with E-state index in [2.05, 4.69) is 4.99 Å². The van der Waals surface area contributed by atoms with E-state index in [9.17, 15) is 26.3 Å². The number of nitrogens with zero attached hydrogens (tertiary/aromatic N) is 3. The number of halogens is 6. The Morgan fingerprint density at radius 3 is 2.17 bits per heavy atom. The third-order valence-electron chi connectivity index (χ3n) is 4.96. The lowest BCUT2D eigenvalue weighted by molar-refractivity contribution is -0.143. The molecule has 4 nitrogen and oxygen atoms in total. The van der Waals surface area contributed by atoms with Gasteiger partial charge in [0.15, 0.2) is 0 Å². The molecule has 160 valence electrons. The van der Waals surface area contributed by atoms with Crippen LogP contribution < -0.4 is 10.6 Å². The number of nitrogens with two attached hydrogens (primary N) is 1. The Labute approximate surface area is 164 Å². The number of alkyl halides is 6. The molecule has 0 saturated carbocycles. The Hall–Kier alpha value is -2.23. The molecule has 10 heteroatoms. The van der Waals surface area contributed by atoms with Gasteiger partial charge in [0.2, 0.25) is 0 Å². The van der Waals surface area contributed by atoms with Crippen LogP contribution in [0, 0.1) is 0 Å². The molecule has 2 heterocycles. The van der Waals surface area contributed by atoms with E-state index in [1.807, 2.05) is 11.8 Å². The van der Waals surface area contributed by atoms with Crippen LogP contribution in [0.2, 0.25) is 0 Å². The topological polar surface area (TPSA) is 44.9 Å². The van der Waals surface area contributed by atoms with E-state index in [1.165, 1.54) is 4.90 Å². The first-order valence-electron chi connectivity index (χ1n) is 9.31. The predicted octanol–water partition coefficient (Wildman–Crippen LogP) is 4.62. The quantitative estimate of drug-likeness (QED) is 0.726. The molecule has 2 aliphatic heterocycles. The standard InChI is InChI=1S/C19H22F6N4/c1-2-3-15-9-17(28-5-4-14(26)10-28)27-11-29(15)16-7-12(18(20,21)22)6-13(8-16)19(23,24)25/h6-9,14H,2-5,10-11,26H2,1H3/t14-/m0/s1. The number of allylic oxidation sites excluding steroid dienone is 1. The molecule has 0 unspecified atom stereocenters. The fourth-order valence-electron chi connectivity index (χ4n) is 3.50. The second-order valence-electron chi connectivity index (χ2n) is 7.23. The van der Waals surface area contributed by atoms with E-state index in [0.717, 1.165) is 25.1 Å². The van der Waals surface area contributed by atoms with Gasteiger partial charge in [-0.1, -0.05) is 13.3 Å². The van der Waals surface area contributed by atoms with Crippen LogP contribution in [0.3, 0.4) is 0 Å². The molecule has 0 radical (unpaired) electrons. The fraction of sp³-hybridized carbons (Fsp3) is 0.526. The van der Waals surface area contributed by atoms with Gasteiger partial charge in [-0.25, -0.2) is 4.99 Å². The molecule has 0 bridgehead atoms. The smallest absolute Gasteiger partial charge is 0.355 e. The van der Waals surface area contributed by atoms with E-state index >= 15 is 0 Å². The normalized spacial score (nSPS) is 20.8. The first-order chi connectivity index (χ1) is 13.5. The number of rotatable bonds is 3. The van der Waals surface area contributed by atoms with Crippen molar-refractivity contribution in [1.29, 1.82) is 0 Å². The van der Waals surface area contributed by atoms with Gasteiger partial charge in [-0.15, -0.1) is 0 Å². The van der Waals surface area contributed by atoms with Gasteiger partial charge >= 0.3 is 12.4 Å². The highest BCUT2D eigenvalue weighted by molar-refractivity contribution is 5.95. The van der Waals surface area contributed by atoms with Crippen molar-refractivity contribution in [3.05, 3.63) is 41.1 Å². The summed E-state index contributed by atoms with van der Waals surface area (Å²) in [5.41, 5.74) is 3.70. The minimum Gasteiger partial charge on any atom is -0.355 e. The zero-order chi connectivity index (χ0) is 21.4. The Bertz CT molecular complexity index is 780. The summed E-state index contributed by atoms with van der Waals surface area (Å²) >= 11 is 0. The molecular formula is C19H22F6N4. The zero-order valence-corrected chi connectivity index (χ0v) is 15.8. The van der Waals surface area contributed by atoms with Crippen molar-refractivity contribution in [2.45, 2.75) is 44.6 Å². The summed E-state index contributed by atoms with van der Waals surface area (Å²) in [7, 11) is 0. The number of aliphatic imine (C=N–C) groups is 1. The summed E-state index contributed by atoms with van der Waals surface area (Å²) in [5, 5.41) is 0. The average molecular weight is 420 g/mol. The summed E-state index contributed by atoms with van der Waals surface area (Å²) in [4.78, 5) is 7.80. The van der Waals surface area contributed by atoms with Crippen LogP contribution >= 0.6 is 0 Å². The van der Waals surface area contributed by atoms with Crippen molar-refractivity contribution in [2.75, 3.05) is 24.7 Å². The van der Waals surface area contributed by atoms with Gasteiger partial charge in [-0.2, -0.15) is 26.3 Å². The van der Waals surface area contributed by atoms with E-state index in [1.54, 1.807) is 6.08 Å². The van der Waals surface area contributed by atoms with Crippen LogP contribution in [0.15, 0.2) is 35.0 Å². The van der Waals surface area contributed by atoms with Crippen LogP contribution in [-0.4, -0.2) is 36.5 Å². The van der Waals surface area contributed by atoms with E-state index in [0.29, 0.717) is 30.9 Å². The predicted molar refractivity (Wildman–Crippen MR) is 98.4 cm³/mol. The van der Waals surface area contributed by atoms with Gasteiger partial charge in [0, 0.05) is 30.5 Å². The zero-order valence-electron chi connectivity index (χ0n) is 15.8. The van der Waals surface area contributed by atoms with Crippen LogP contribution in [0.25, 0.3) is 0 Å². The maximum absolute atomic E-state index is 13.2. The molecule has 1 saturated heterocycles. The first-order valence-corrected chi connectivity index (χ1v) is 9.31. The first kappa shape index (κ1) is 21.5. The molecule has 29 heavy (non-hydrogen) atoms. The van der Waals surface area contributed by atoms with E-state index < -0.39 is 23.5 Å². The SMILES string of the molecule is CCCC1=CC(N2CC[C@H](N)C2)=NCN1c1cc(C(F)(F)F)cc(C(F)(F)F)c1. The number of likely N-dealkylation sites (tertiary alicyclic amines) is 1. The summed E-state index contributed by atoms with van der Waals surface area (Å²) in [5.74, 6) is 0.667. The van der Waals surface area contributed by atoms with Gasteiger partial charge in [0.25, 0.3) is 0 Å². The Morgan fingerprint density at radius 2 is 1.69 bits per heavy atom. The molecule has 2 aliphatic rings. The highest BCUT2D eigenvalue weighted by Crippen LogP contribution is 2.39. The van der Waals surface area contributed by atoms with Crippen molar-refractivity contribution < 1.29 is 26.3 Å². The maximum atomic E-state index is 13.2. The molecule has 1 aromatic rings. The van der Waals surface area contributed by atoms with E-state index in [-0.39, 0.29) is 24.5 Å². The van der Waals surface area contributed by atoms with Crippen LogP contribution in [0.1, 0.15) is 37.3 Å². The van der Waals surface area contributed by atoms with Gasteiger partial charge < -0.3 is 15.5 Å². The van der Waals surface area contributed by atoms with Gasteiger partial charge in [0.1, 0.15) is 12.5 Å². The molecule has 1 fully saturated rings. The maximum Gasteiger partial charge on any atom is 0.416 e. The van der Waals surface area contributed by atoms with Gasteiger partial charge in [0.05, 0.1) is 11.1 Å². The Kier molecular flexibility index (Phi) is 5.84. The third kappa shape index (κ3) is 4.85. The highest BCUT2D eigenvalue weighted by atomic mass is 19.4. The molecular weight excluding hydrogens is 398 g/mol. The second kappa shape index (κ2) is 7.89. The number of hydrogen-bond acceptors (Lipinski definition) is 4. The molecule has 1 aromatic carbocycles. The van der Waals surface area contributed by atoms with Crippen molar-refractivity contribution >= 4 is 11.5 Å². The summed E-state index contributed by atoms with van der Waals surface area (Å²) < 4.78 is 79.2. The van der Waals surface area contributed by atoms with E-state index in [4.69, 9.17) is 5.73 Å². The van der Waals surface area contributed by atoms with Crippen molar-refractivity contribution in [2.24, 2.45) is 10.7 Å². The number of anilines is 1. The summed E-state index contributed by atoms with van der Waals surface area (Å²) in [6.45, 7) is 3.18. The Morgan fingerprint density at radius 1 is 1.07 bits per heavy atom. The second-order valence-corrected chi connectivity index (χ2v) is 7.23. The fourth-order valence-corrected chi connectivity index (χ4v) is 3.50. The van der Waals surface area contributed by atoms with Crippen LogP contribution in [0.4, 0.5) is 32.0 Å². The summed E-state index contributed by atoms with van der Waals surface area (Å²) in [6.07, 6.45) is -6.06. The number of benzene rings is 1. The van der Waals surface area contributed by atoms with Crippen molar-refractivity contribution in [3.63, 3.8) is 0 Å². The monoisotopic (exact) mass is 420 g/mol. The van der Waals surface area contributed by atoms with Crippen LogP contribution in [0.5, 0.6) is 0 Å². The third-order valence-corrected chi connectivity index (χ3v) is 4.96. The van der Waals surface area contributed by atoms with Crippen molar-refractivity contribution in [1.82, 2.24) is 4.90 Å². The lowest BCUT2D eigenvalue weighted by atomic mass is 10.1.